The van der Waals surface area contributed by atoms with Crippen LogP contribution in [-0.4, -0.2) is 35.7 Å². The molecule has 1 saturated carbocycles. The number of alkyl halides is 1. The van der Waals surface area contributed by atoms with Gasteiger partial charge in [0.2, 0.25) is 0 Å². The van der Waals surface area contributed by atoms with E-state index in [2.05, 4.69) is 4.90 Å². The molecule has 0 aromatic carbocycles. The summed E-state index contributed by atoms with van der Waals surface area (Å²) >= 11 is 0. The minimum Gasteiger partial charge on any atom is -0.324 e. The Hall–Kier alpha value is -0.150. The van der Waals surface area contributed by atoms with Gasteiger partial charge in [0.05, 0.1) is 0 Å². The summed E-state index contributed by atoms with van der Waals surface area (Å²) in [5.74, 6) is 0. The monoisotopic (exact) mass is 172 g/mol. The Labute approximate surface area is 72.9 Å². The van der Waals surface area contributed by atoms with Crippen molar-refractivity contribution in [3.05, 3.63) is 0 Å². The SMILES string of the molecule is CC1(F)CCN(CC2(N)CC2)C1. The van der Waals surface area contributed by atoms with E-state index < -0.39 is 5.67 Å². The fourth-order valence-electron chi connectivity index (χ4n) is 1.91. The zero-order chi connectivity index (χ0) is 8.82. The van der Waals surface area contributed by atoms with Crippen LogP contribution in [0.5, 0.6) is 0 Å². The summed E-state index contributed by atoms with van der Waals surface area (Å²) in [5, 5.41) is 0. The lowest BCUT2D eigenvalue weighted by atomic mass is 10.1. The molecule has 0 radical (unpaired) electrons. The van der Waals surface area contributed by atoms with E-state index in [1.165, 1.54) is 0 Å². The highest BCUT2D eigenvalue weighted by Crippen LogP contribution is 2.35. The molecule has 1 atom stereocenters. The van der Waals surface area contributed by atoms with Crippen molar-refractivity contribution in [3.63, 3.8) is 0 Å². The van der Waals surface area contributed by atoms with Crippen molar-refractivity contribution in [2.45, 2.75) is 37.4 Å². The fraction of sp³-hybridized carbons (Fsp3) is 1.00. The maximum absolute atomic E-state index is 13.4. The standard InChI is InChI=1S/C9H17FN2/c1-8(10)4-5-12(6-8)7-9(11)2-3-9/h2-7,11H2,1H3. The maximum atomic E-state index is 13.4. The summed E-state index contributed by atoms with van der Waals surface area (Å²) in [4.78, 5) is 2.16. The maximum Gasteiger partial charge on any atom is 0.122 e. The third-order valence-corrected chi connectivity index (χ3v) is 2.93. The molecular weight excluding hydrogens is 155 g/mol. The van der Waals surface area contributed by atoms with E-state index in [-0.39, 0.29) is 5.54 Å². The molecule has 0 aromatic rings. The highest BCUT2D eigenvalue weighted by atomic mass is 19.1. The van der Waals surface area contributed by atoms with Crippen LogP contribution in [0.4, 0.5) is 4.39 Å². The molecule has 2 fully saturated rings. The highest BCUT2D eigenvalue weighted by molar-refractivity contribution is 5.03. The molecule has 70 valence electrons. The van der Waals surface area contributed by atoms with Gasteiger partial charge in [0.1, 0.15) is 5.67 Å². The van der Waals surface area contributed by atoms with Crippen LogP contribution in [0.1, 0.15) is 26.2 Å². The van der Waals surface area contributed by atoms with Crippen LogP contribution in [0, 0.1) is 0 Å². The van der Waals surface area contributed by atoms with Crippen LogP contribution in [0.3, 0.4) is 0 Å². The Morgan fingerprint density at radius 3 is 2.50 bits per heavy atom. The fourth-order valence-corrected chi connectivity index (χ4v) is 1.91. The lowest BCUT2D eigenvalue weighted by molar-refractivity contribution is 0.184. The van der Waals surface area contributed by atoms with Gasteiger partial charge >= 0.3 is 0 Å². The number of hydrogen-bond donors (Lipinski definition) is 1. The molecule has 1 aliphatic carbocycles. The first kappa shape index (κ1) is 8.45. The molecule has 1 saturated heterocycles. The van der Waals surface area contributed by atoms with E-state index in [0.717, 1.165) is 25.9 Å². The molecule has 2 rings (SSSR count). The van der Waals surface area contributed by atoms with E-state index in [0.29, 0.717) is 13.0 Å². The summed E-state index contributed by atoms with van der Waals surface area (Å²) in [5.41, 5.74) is 5.03. The van der Waals surface area contributed by atoms with Crippen LogP contribution in [0.15, 0.2) is 0 Å². The molecule has 0 spiro atoms. The number of nitrogens with two attached hydrogens (primary N) is 1. The van der Waals surface area contributed by atoms with Crippen molar-refractivity contribution in [2.24, 2.45) is 5.73 Å². The van der Waals surface area contributed by atoms with E-state index in [9.17, 15) is 4.39 Å². The van der Waals surface area contributed by atoms with Crippen LogP contribution in [-0.2, 0) is 0 Å². The van der Waals surface area contributed by atoms with Crippen molar-refractivity contribution >= 4 is 0 Å². The summed E-state index contributed by atoms with van der Waals surface area (Å²) in [6.07, 6.45) is 2.90. The van der Waals surface area contributed by atoms with Crippen molar-refractivity contribution < 1.29 is 4.39 Å². The molecular formula is C9H17FN2. The molecule has 1 heterocycles. The van der Waals surface area contributed by atoms with Crippen molar-refractivity contribution in [2.75, 3.05) is 19.6 Å². The van der Waals surface area contributed by atoms with Gasteiger partial charge in [-0.05, 0) is 26.2 Å². The molecule has 1 aliphatic heterocycles. The van der Waals surface area contributed by atoms with Gasteiger partial charge in [-0.25, -0.2) is 4.39 Å². The quantitative estimate of drug-likeness (QED) is 0.671. The minimum atomic E-state index is -0.967. The van der Waals surface area contributed by atoms with Crippen LogP contribution >= 0.6 is 0 Å². The number of rotatable bonds is 2. The third kappa shape index (κ3) is 1.77. The second kappa shape index (κ2) is 2.42. The molecule has 2 N–H and O–H groups in total. The Kier molecular flexibility index (Phi) is 1.70. The molecule has 12 heavy (non-hydrogen) atoms. The Bertz CT molecular complexity index is 187. The average molecular weight is 172 g/mol. The minimum absolute atomic E-state index is 0.0421. The molecule has 0 amide bonds. The first-order valence-corrected chi connectivity index (χ1v) is 4.69. The number of halogens is 1. The van der Waals surface area contributed by atoms with Gasteiger partial charge in [-0.1, -0.05) is 0 Å². The first-order valence-electron chi connectivity index (χ1n) is 4.69. The Morgan fingerprint density at radius 2 is 2.08 bits per heavy atom. The summed E-state index contributed by atoms with van der Waals surface area (Å²) in [7, 11) is 0. The average Bonchev–Trinajstić information content (AvgIpc) is 2.53. The molecule has 2 aliphatic rings. The topological polar surface area (TPSA) is 29.3 Å². The van der Waals surface area contributed by atoms with Crippen molar-refractivity contribution in [3.8, 4) is 0 Å². The van der Waals surface area contributed by atoms with E-state index in [4.69, 9.17) is 5.73 Å². The van der Waals surface area contributed by atoms with Gasteiger partial charge in [-0.2, -0.15) is 0 Å². The Balaban J connectivity index is 1.84. The lowest BCUT2D eigenvalue weighted by Crippen LogP contribution is -2.39. The van der Waals surface area contributed by atoms with Gasteiger partial charge in [0.25, 0.3) is 0 Å². The Morgan fingerprint density at radius 1 is 1.42 bits per heavy atom. The summed E-state index contributed by atoms with van der Waals surface area (Å²) in [6.45, 7) is 4.04. The second-order valence-electron chi connectivity index (χ2n) is 4.74. The number of likely N-dealkylation sites (tertiary alicyclic amines) is 1. The second-order valence-corrected chi connectivity index (χ2v) is 4.74. The molecule has 3 heteroatoms. The predicted octanol–water partition coefficient (Wildman–Crippen LogP) is 0.912. The largest absolute Gasteiger partial charge is 0.324 e. The summed E-state index contributed by atoms with van der Waals surface area (Å²) < 4.78 is 13.4. The highest BCUT2D eigenvalue weighted by Gasteiger charge is 2.43. The van der Waals surface area contributed by atoms with Gasteiger partial charge < -0.3 is 5.73 Å². The summed E-state index contributed by atoms with van der Waals surface area (Å²) in [6, 6.07) is 0. The number of hydrogen-bond acceptors (Lipinski definition) is 2. The van der Waals surface area contributed by atoms with Crippen LogP contribution in [0.25, 0.3) is 0 Å². The predicted molar refractivity (Wildman–Crippen MR) is 46.7 cm³/mol. The zero-order valence-electron chi connectivity index (χ0n) is 7.65. The van der Waals surface area contributed by atoms with Crippen LogP contribution < -0.4 is 5.73 Å². The molecule has 2 nitrogen and oxygen atoms in total. The van der Waals surface area contributed by atoms with E-state index in [1.54, 1.807) is 6.92 Å². The normalized spacial score (nSPS) is 40.2. The van der Waals surface area contributed by atoms with Gasteiger partial charge in [-0.15, -0.1) is 0 Å². The number of nitrogens with zero attached hydrogens (tertiary/aromatic N) is 1. The van der Waals surface area contributed by atoms with Gasteiger partial charge in [0, 0.05) is 25.2 Å². The smallest absolute Gasteiger partial charge is 0.122 e. The van der Waals surface area contributed by atoms with Crippen molar-refractivity contribution in [1.29, 1.82) is 0 Å². The van der Waals surface area contributed by atoms with E-state index in [1.807, 2.05) is 0 Å². The van der Waals surface area contributed by atoms with Crippen LogP contribution in [0.2, 0.25) is 0 Å². The zero-order valence-corrected chi connectivity index (χ0v) is 7.65. The van der Waals surface area contributed by atoms with Gasteiger partial charge in [0.15, 0.2) is 0 Å². The molecule has 0 aromatic heterocycles. The molecule has 0 bridgehead atoms. The first-order chi connectivity index (χ1) is 5.49. The third-order valence-electron chi connectivity index (χ3n) is 2.93. The van der Waals surface area contributed by atoms with E-state index >= 15 is 0 Å². The molecule has 1 unspecified atom stereocenters. The van der Waals surface area contributed by atoms with Gasteiger partial charge in [-0.3, -0.25) is 4.90 Å². The lowest BCUT2D eigenvalue weighted by Gasteiger charge is -2.20. The van der Waals surface area contributed by atoms with Crippen molar-refractivity contribution in [1.82, 2.24) is 4.90 Å².